The maximum Gasteiger partial charge on any atom is 0.197 e. The van der Waals surface area contributed by atoms with Gasteiger partial charge in [-0.15, -0.1) is 10.2 Å². The highest BCUT2D eigenvalue weighted by Gasteiger charge is 2.17. The van der Waals surface area contributed by atoms with Crippen LogP contribution in [0.4, 0.5) is 0 Å². The van der Waals surface area contributed by atoms with E-state index in [4.69, 9.17) is 9.15 Å². The molecule has 2 aromatic heterocycles. The minimum atomic E-state index is 0.282. The van der Waals surface area contributed by atoms with Gasteiger partial charge in [-0.1, -0.05) is 37.7 Å². The molecule has 3 aromatic rings. The molecule has 0 bridgehead atoms. The van der Waals surface area contributed by atoms with Gasteiger partial charge in [0.05, 0.1) is 24.1 Å². The molecule has 25 heavy (non-hydrogen) atoms. The van der Waals surface area contributed by atoms with Gasteiger partial charge in [-0.05, 0) is 19.1 Å². The zero-order valence-corrected chi connectivity index (χ0v) is 15.9. The summed E-state index contributed by atoms with van der Waals surface area (Å²) < 4.78 is 13.2. The van der Waals surface area contributed by atoms with Crippen molar-refractivity contribution >= 4 is 11.8 Å². The Labute approximate surface area is 151 Å². The van der Waals surface area contributed by atoms with Gasteiger partial charge in [0, 0.05) is 13.0 Å². The molecule has 132 valence electrons. The Hall–Kier alpha value is -2.28. The zero-order valence-electron chi connectivity index (χ0n) is 15.1. The van der Waals surface area contributed by atoms with Crippen LogP contribution in [0.25, 0.3) is 11.4 Å². The Balaban J connectivity index is 1.80. The second kappa shape index (κ2) is 7.31. The first-order chi connectivity index (χ1) is 12.0. The van der Waals surface area contributed by atoms with Crippen molar-refractivity contribution in [3.63, 3.8) is 0 Å². The third kappa shape index (κ3) is 3.56. The van der Waals surface area contributed by atoms with Crippen LogP contribution in [0.15, 0.2) is 33.8 Å². The maximum absolute atomic E-state index is 5.86. The van der Waals surface area contributed by atoms with Crippen LogP contribution >= 0.6 is 11.8 Å². The van der Waals surface area contributed by atoms with E-state index in [0.29, 0.717) is 5.75 Å². The fourth-order valence-electron chi connectivity index (χ4n) is 2.47. The summed E-state index contributed by atoms with van der Waals surface area (Å²) in [6, 6.07) is 7.80. The van der Waals surface area contributed by atoms with Gasteiger partial charge in [0.15, 0.2) is 16.9 Å². The lowest BCUT2D eigenvalue weighted by atomic mass is 10.2. The summed E-state index contributed by atoms with van der Waals surface area (Å²) in [6.07, 6.45) is 0. The quantitative estimate of drug-likeness (QED) is 0.615. The molecule has 0 saturated heterocycles. The molecule has 0 amide bonds. The molecule has 0 fully saturated rings. The third-order valence-electron chi connectivity index (χ3n) is 3.92. The summed E-state index contributed by atoms with van der Waals surface area (Å²) in [5, 5.41) is 9.46. The topological polar surface area (TPSA) is 66.0 Å². The highest BCUT2D eigenvalue weighted by atomic mass is 32.2. The first-order valence-electron chi connectivity index (χ1n) is 8.13. The summed E-state index contributed by atoms with van der Waals surface area (Å²) in [5.74, 6) is 4.17. The molecule has 2 heterocycles. The molecule has 0 saturated carbocycles. The third-order valence-corrected chi connectivity index (χ3v) is 4.94. The molecule has 0 spiro atoms. The van der Waals surface area contributed by atoms with E-state index in [9.17, 15) is 0 Å². The van der Waals surface area contributed by atoms with Gasteiger partial charge < -0.3 is 13.7 Å². The summed E-state index contributed by atoms with van der Waals surface area (Å²) in [6.45, 7) is 6.12. The van der Waals surface area contributed by atoms with Crippen molar-refractivity contribution in [3.05, 3.63) is 41.6 Å². The number of aromatic nitrogens is 4. The van der Waals surface area contributed by atoms with Crippen LogP contribution in [-0.2, 0) is 12.8 Å². The van der Waals surface area contributed by atoms with Crippen molar-refractivity contribution in [2.45, 2.75) is 37.6 Å². The van der Waals surface area contributed by atoms with Gasteiger partial charge in [-0.25, -0.2) is 4.98 Å². The van der Waals surface area contributed by atoms with Crippen LogP contribution in [-0.4, -0.2) is 26.9 Å². The van der Waals surface area contributed by atoms with Crippen LogP contribution in [0.3, 0.4) is 0 Å². The van der Waals surface area contributed by atoms with E-state index in [-0.39, 0.29) is 5.92 Å². The average molecular weight is 358 g/mol. The van der Waals surface area contributed by atoms with Crippen LogP contribution < -0.4 is 4.74 Å². The minimum Gasteiger partial charge on any atom is -0.496 e. The highest BCUT2D eigenvalue weighted by Crippen LogP contribution is 2.31. The van der Waals surface area contributed by atoms with Gasteiger partial charge in [0.25, 0.3) is 0 Å². The van der Waals surface area contributed by atoms with Gasteiger partial charge >= 0.3 is 0 Å². The fourth-order valence-corrected chi connectivity index (χ4v) is 3.37. The largest absolute Gasteiger partial charge is 0.496 e. The molecule has 0 aliphatic carbocycles. The summed E-state index contributed by atoms with van der Waals surface area (Å²) in [4.78, 5) is 4.48. The Morgan fingerprint density at radius 3 is 2.68 bits per heavy atom. The predicted octanol–water partition coefficient (Wildman–Crippen LogP) is 4.20. The predicted molar refractivity (Wildman–Crippen MR) is 97.9 cm³/mol. The Morgan fingerprint density at radius 2 is 2.00 bits per heavy atom. The second-order valence-corrected chi connectivity index (χ2v) is 7.01. The number of benzene rings is 1. The number of rotatable bonds is 6. The number of nitrogens with zero attached hydrogens (tertiary/aromatic N) is 4. The van der Waals surface area contributed by atoms with E-state index in [2.05, 4.69) is 29.0 Å². The van der Waals surface area contributed by atoms with Crippen LogP contribution in [0.5, 0.6) is 5.75 Å². The van der Waals surface area contributed by atoms with Gasteiger partial charge in [0.1, 0.15) is 11.5 Å². The molecule has 0 aliphatic heterocycles. The van der Waals surface area contributed by atoms with Crippen molar-refractivity contribution in [2.75, 3.05) is 7.11 Å². The summed E-state index contributed by atoms with van der Waals surface area (Å²) in [7, 11) is 3.61. The summed E-state index contributed by atoms with van der Waals surface area (Å²) in [5.41, 5.74) is 1.85. The molecule has 7 heteroatoms. The van der Waals surface area contributed by atoms with E-state index in [1.54, 1.807) is 18.9 Å². The van der Waals surface area contributed by atoms with E-state index in [1.807, 2.05) is 42.8 Å². The highest BCUT2D eigenvalue weighted by molar-refractivity contribution is 7.98. The first kappa shape index (κ1) is 17.5. The lowest BCUT2D eigenvalue weighted by molar-refractivity contribution is 0.416. The van der Waals surface area contributed by atoms with Crippen molar-refractivity contribution in [3.8, 4) is 17.1 Å². The van der Waals surface area contributed by atoms with Gasteiger partial charge in [-0.3, -0.25) is 0 Å². The average Bonchev–Trinajstić information content (AvgIpc) is 3.16. The minimum absolute atomic E-state index is 0.282. The second-order valence-electron chi connectivity index (χ2n) is 6.07. The van der Waals surface area contributed by atoms with E-state index in [0.717, 1.165) is 39.6 Å². The lowest BCUT2D eigenvalue weighted by Crippen LogP contribution is -1.97. The monoisotopic (exact) mass is 358 g/mol. The van der Waals surface area contributed by atoms with Crippen LogP contribution in [0.2, 0.25) is 0 Å². The molecule has 0 radical (unpaired) electrons. The number of hydrogen-bond donors (Lipinski definition) is 0. The van der Waals surface area contributed by atoms with Gasteiger partial charge in [0.2, 0.25) is 0 Å². The smallest absolute Gasteiger partial charge is 0.197 e. The molecule has 0 N–H and O–H groups in total. The van der Waals surface area contributed by atoms with Gasteiger partial charge in [-0.2, -0.15) is 0 Å². The summed E-state index contributed by atoms with van der Waals surface area (Å²) >= 11 is 1.58. The molecule has 3 rings (SSSR count). The molecule has 0 aliphatic rings. The molecular weight excluding hydrogens is 336 g/mol. The first-order valence-corrected chi connectivity index (χ1v) is 9.11. The van der Waals surface area contributed by atoms with E-state index in [1.165, 1.54) is 0 Å². The SMILES string of the molecule is COc1ccccc1-c1nnc(SCc2oc(C(C)C)nc2C)n1C. The lowest BCUT2D eigenvalue weighted by Gasteiger charge is -2.07. The standard InChI is InChI=1S/C18H22N4O2S/c1-11(2)17-19-12(3)15(24-17)10-25-18-21-20-16(22(18)4)13-8-6-7-9-14(13)23-5/h6-9,11H,10H2,1-5H3. The van der Waals surface area contributed by atoms with E-state index < -0.39 is 0 Å². The Morgan fingerprint density at radius 1 is 1.24 bits per heavy atom. The number of methoxy groups -OCH3 is 1. The van der Waals surface area contributed by atoms with Crippen molar-refractivity contribution in [1.29, 1.82) is 0 Å². The Kier molecular flexibility index (Phi) is 5.13. The fraction of sp³-hybridized carbons (Fsp3) is 0.389. The van der Waals surface area contributed by atoms with Crippen molar-refractivity contribution in [2.24, 2.45) is 7.05 Å². The van der Waals surface area contributed by atoms with Crippen molar-refractivity contribution < 1.29 is 9.15 Å². The molecule has 6 nitrogen and oxygen atoms in total. The zero-order chi connectivity index (χ0) is 18.0. The van der Waals surface area contributed by atoms with E-state index >= 15 is 0 Å². The van der Waals surface area contributed by atoms with Crippen LogP contribution in [0.1, 0.15) is 37.1 Å². The number of thioether (sulfide) groups is 1. The molecule has 0 unspecified atom stereocenters. The van der Waals surface area contributed by atoms with Crippen molar-refractivity contribution in [1.82, 2.24) is 19.7 Å². The van der Waals surface area contributed by atoms with Crippen LogP contribution in [0, 0.1) is 6.92 Å². The number of para-hydroxylation sites is 1. The molecule has 1 aromatic carbocycles. The molecular formula is C18H22N4O2S. The number of ether oxygens (including phenoxy) is 1. The number of hydrogen-bond acceptors (Lipinski definition) is 6. The Bertz CT molecular complexity index is 870. The number of aryl methyl sites for hydroxylation is 1. The molecule has 0 atom stereocenters. The maximum atomic E-state index is 5.86. The number of oxazole rings is 1. The normalized spacial score (nSPS) is 11.3.